The van der Waals surface area contributed by atoms with Gasteiger partial charge >= 0.3 is 0 Å². The van der Waals surface area contributed by atoms with E-state index in [0.29, 0.717) is 13.0 Å². The summed E-state index contributed by atoms with van der Waals surface area (Å²) >= 11 is 0. The van der Waals surface area contributed by atoms with Crippen LogP contribution in [0.5, 0.6) is 5.75 Å². The summed E-state index contributed by atoms with van der Waals surface area (Å²) in [5.74, 6) is 0.376. The van der Waals surface area contributed by atoms with Crippen molar-refractivity contribution in [1.82, 2.24) is 10.0 Å². The predicted octanol–water partition coefficient (Wildman–Crippen LogP) is 1.33. The summed E-state index contributed by atoms with van der Waals surface area (Å²) in [6.45, 7) is 0.0927. The summed E-state index contributed by atoms with van der Waals surface area (Å²) in [4.78, 5) is 11.9. The number of nitrogens with one attached hydrogen (secondary N) is 2. The molecular formula is C17H20N2O4S. The van der Waals surface area contributed by atoms with Gasteiger partial charge in [0.15, 0.2) is 0 Å². The first kappa shape index (κ1) is 18.0. The van der Waals surface area contributed by atoms with Gasteiger partial charge in [-0.15, -0.1) is 0 Å². The molecule has 0 aliphatic carbocycles. The van der Waals surface area contributed by atoms with E-state index in [1.165, 1.54) is 12.1 Å². The standard InChI is InChI=1S/C17H20N2O4S/c1-23-16-10-6-5-7-14(16)11-12-18-17(20)13-19-24(21,22)15-8-3-2-4-9-15/h2-10,19H,11-13H2,1H3,(H,18,20). The van der Waals surface area contributed by atoms with Crippen molar-refractivity contribution in [2.75, 3.05) is 20.2 Å². The Morgan fingerprint density at radius 2 is 1.71 bits per heavy atom. The zero-order valence-corrected chi connectivity index (χ0v) is 14.2. The number of carbonyl (C=O) groups is 1. The van der Waals surface area contributed by atoms with Crippen LogP contribution in [0.15, 0.2) is 59.5 Å². The maximum atomic E-state index is 12.0. The van der Waals surface area contributed by atoms with Crippen molar-refractivity contribution in [1.29, 1.82) is 0 Å². The number of ether oxygens (including phenoxy) is 1. The van der Waals surface area contributed by atoms with Crippen molar-refractivity contribution < 1.29 is 17.9 Å². The number of rotatable bonds is 8. The highest BCUT2D eigenvalue weighted by Gasteiger charge is 2.14. The molecule has 0 atom stereocenters. The summed E-state index contributed by atoms with van der Waals surface area (Å²) in [5.41, 5.74) is 0.977. The van der Waals surface area contributed by atoms with Gasteiger partial charge in [0.05, 0.1) is 18.6 Å². The number of hydrogen-bond acceptors (Lipinski definition) is 4. The average molecular weight is 348 g/mol. The first-order valence-electron chi connectivity index (χ1n) is 7.46. The fourth-order valence-corrected chi connectivity index (χ4v) is 3.16. The third-order valence-electron chi connectivity index (χ3n) is 3.39. The summed E-state index contributed by atoms with van der Waals surface area (Å²) < 4.78 is 31.5. The second-order valence-corrected chi connectivity index (χ2v) is 6.82. The van der Waals surface area contributed by atoms with E-state index < -0.39 is 10.0 Å². The average Bonchev–Trinajstić information content (AvgIpc) is 2.61. The molecule has 2 aromatic carbocycles. The van der Waals surface area contributed by atoms with E-state index in [9.17, 15) is 13.2 Å². The van der Waals surface area contributed by atoms with Crippen molar-refractivity contribution >= 4 is 15.9 Å². The fourth-order valence-electron chi connectivity index (χ4n) is 2.15. The molecule has 0 saturated carbocycles. The molecule has 24 heavy (non-hydrogen) atoms. The Labute approximate surface area is 141 Å². The van der Waals surface area contributed by atoms with Gasteiger partial charge in [0.2, 0.25) is 15.9 Å². The molecule has 0 heterocycles. The van der Waals surface area contributed by atoms with Gasteiger partial charge in [-0.05, 0) is 30.2 Å². The van der Waals surface area contributed by atoms with Gasteiger partial charge in [0, 0.05) is 6.54 Å². The first-order valence-corrected chi connectivity index (χ1v) is 8.94. The maximum Gasteiger partial charge on any atom is 0.241 e. The third kappa shape index (κ3) is 5.07. The largest absolute Gasteiger partial charge is 0.496 e. The summed E-state index contributed by atoms with van der Waals surface area (Å²) in [6.07, 6.45) is 0.598. The molecule has 1 amide bonds. The minimum Gasteiger partial charge on any atom is -0.496 e. The monoisotopic (exact) mass is 348 g/mol. The Hall–Kier alpha value is -2.38. The van der Waals surface area contributed by atoms with Crippen LogP contribution in [0.4, 0.5) is 0 Å². The number of carbonyl (C=O) groups excluding carboxylic acids is 1. The lowest BCUT2D eigenvalue weighted by atomic mass is 10.1. The lowest BCUT2D eigenvalue weighted by Gasteiger charge is -2.10. The Morgan fingerprint density at radius 1 is 1.04 bits per heavy atom. The van der Waals surface area contributed by atoms with E-state index in [1.54, 1.807) is 25.3 Å². The van der Waals surface area contributed by atoms with E-state index >= 15 is 0 Å². The topological polar surface area (TPSA) is 84.5 Å². The van der Waals surface area contributed by atoms with Crippen LogP contribution in [0.1, 0.15) is 5.56 Å². The Bertz CT molecular complexity index is 776. The van der Waals surface area contributed by atoms with E-state index in [-0.39, 0.29) is 17.3 Å². The highest BCUT2D eigenvalue weighted by molar-refractivity contribution is 7.89. The van der Waals surface area contributed by atoms with Gasteiger partial charge in [-0.3, -0.25) is 4.79 Å². The van der Waals surface area contributed by atoms with Crippen LogP contribution < -0.4 is 14.8 Å². The summed E-state index contributed by atoms with van der Waals surface area (Å²) in [6, 6.07) is 15.5. The number of hydrogen-bond donors (Lipinski definition) is 2. The summed E-state index contributed by atoms with van der Waals surface area (Å²) in [7, 11) is -2.08. The molecule has 2 N–H and O–H groups in total. The maximum absolute atomic E-state index is 12.0. The van der Waals surface area contributed by atoms with E-state index in [4.69, 9.17) is 4.74 Å². The van der Waals surface area contributed by atoms with Gasteiger partial charge in [-0.1, -0.05) is 36.4 Å². The second kappa shape index (κ2) is 8.47. The van der Waals surface area contributed by atoms with Crippen LogP contribution in [0.25, 0.3) is 0 Å². The molecule has 0 aromatic heterocycles. The quantitative estimate of drug-likeness (QED) is 0.754. The molecule has 0 aliphatic heterocycles. The second-order valence-electron chi connectivity index (χ2n) is 5.05. The summed E-state index contributed by atoms with van der Waals surface area (Å²) in [5, 5.41) is 2.69. The molecule has 0 saturated heterocycles. The molecule has 128 valence electrons. The first-order chi connectivity index (χ1) is 11.5. The van der Waals surface area contributed by atoms with Crippen molar-refractivity contribution in [3.63, 3.8) is 0 Å². The molecule has 0 radical (unpaired) electrons. The Kier molecular flexibility index (Phi) is 6.34. The predicted molar refractivity (Wildman–Crippen MR) is 91.3 cm³/mol. The van der Waals surface area contributed by atoms with Gasteiger partial charge in [0.1, 0.15) is 5.75 Å². The van der Waals surface area contributed by atoms with E-state index in [2.05, 4.69) is 10.0 Å². The third-order valence-corrected chi connectivity index (χ3v) is 4.80. The van der Waals surface area contributed by atoms with Gasteiger partial charge < -0.3 is 10.1 Å². The molecule has 7 heteroatoms. The van der Waals surface area contributed by atoms with Crippen LogP contribution >= 0.6 is 0 Å². The number of amides is 1. The molecule has 6 nitrogen and oxygen atoms in total. The van der Waals surface area contributed by atoms with E-state index in [1.807, 2.05) is 24.3 Å². The number of benzene rings is 2. The highest BCUT2D eigenvalue weighted by atomic mass is 32.2. The van der Waals surface area contributed by atoms with E-state index in [0.717, 1.165) is 11.3 Å². The van der Waals surface area contributed by atoms with Crippen LogP contribution in [0.3, 0.4) is 0 Å². The van der Waals surface area contributed by atoms with Crippen LogP contribution in [-0.2, 0) is 21.2 Å². The van der Waals surface area contributed by atoms with Crippen molar-refractivity contribution in [2.24, 2.45) is 0 Å². The van der Waals surface area contributed by atoms with Crippen LogP contribution in [0.2, 0.25) is 0 Å². The molecule has 0 fully saturated rings. The zero-order chi connectivity index (χ0) is 17.4. The molecular weight excluding hydrogens is 328 g/mol. The van der Waals surface area contributed by atoms with Gasteiger partial charge in [0.25, 0.3) is 0 Å². The Balaban J connectivity index is 1.80. The van der Waals surface area contributed by atoms with Crippen LogP contribution in [0, 0.1) is 0 Å². The lowest BCUT2D eigenvalue weighted by molar-refractivity contribution is -0.119. The SMILES string of the molecule is COc1ccccc1CCNC(=O)CNS(=O)(=O)c1ccccc1. The molecule has 0 spiro atoms. The van der Waals surface area contributed by atoms with Crippen molar-refractivity contribution in [2.45, 2.75) is 11.3 Å². The van der Waals surface area contributed by atoms with Gasteiger partial charge in [-0.2, -0.15) is 0 Å². The fraction of sp³-hybridized carbons (Fsp3) is 0.235. The van der Waals surface area contributed by atoms with Gasteiger partial charge in [-0.25, -0.2) is 13.1 Å². The smallest absolute Gasteiger partial charge is 0.241 e. The molecule has 0 aliphatic rings. The number of para-hydroxylation sites is 1. The van der Waals surface area contributed by atoms with Crippen molar-refractivity contribution in [3.8, 4) is 5.75 Å². The minimum atomic E-state index is -3.67. The molecule has 2 rings (SSSR count). The molecule has 0 unspecified atom stereocenters. The molecule has 2 aromatic rings. The highest BCUT2D eigenvalue weighted by Crippen LogP contribution is 2.17. The zero-order valence-electron chi connectivity index (χ0n) is 13.4. The Morgan fingerprint density at radius 3 is 2.42 bits per heavy atom. The van der Waals surface area contributed by atoms with Crippen LogP contribution in [-0.4, -0.2) is 34.5 Å². The number of methoxy groups -OCH3 is 1. The normalized spacial score (nSPS) is 11.0. The lowest BCUT2D eigenvalue weighted by Crippen LogP contribution is -2.37. The molecule has 0 bridgehead atoms. The van der Waals surface area contributed by atoms with Crippen molar-refractivity contribution in [3.05, 3.63) is 60.2 Å². The minimum absolute atomic E-state index is 0.131. The number of sulfonamides is 1.